The van der Waals surface area contributed by atoms with Gasteiger partial charge in [-0.2, -0.15) is 0 Å². The maximum absolute atomic E-state index is 12.8. The number of carbonyl (C=O) groups excluding carboxylic acids is 1. The summed E-state index contributed by atoms with van der Waals surface area (Å²) < 4.78 is 12.9. The Morgan fingerprint density at radius 3 is 2.86 bits per heavy atom. The number of hydrogen-bond acceptors (Lipinski definition) is 6. The minimum atomic E-state index is -0.136. The molecule has 3 unspecified atom stereocenters. The van der Waals surface area contributed by atoms with Crippen LogP contribution in [0.5, 0.6) is 0 Å². The van der Waals surface area contributed by atoms with Gasteiger partial charge in [-0.25, -0.2) is 9.66 Å². The van der Waals surface area contributed by atoms with Gasteiger partial charge in [-0.05, 0) is 42.5 Å². The lowest BCUT2D eigenvalue weighted by molar-refractivity contribution is 0.0818. The van der Waals surface area contributed by atoms with Crippen LogP contribution in [0.1, 0.15) is 47.8 Å². The van der Waals surface area contributed by atoms with E-state index in [1.54, 1.807) is 12.3 Å². The molecule has 29 heavy (non-hydrogen) atoms. The van der Waals surface area contributed by atoms with E-state index in [0.29, 0.717) is 22.7 Å². The van der Waals surface area contributed by atoms with Crippen LogP contribution >= 0.6 is 11.6 Å². The predicted octanol–water partition coefficient (Wildman–Crippen LogP) is 2.40. The van der Waals surface area contributed by atoms with Gasteiger partial charge in [0.15, 0.2) is 5.22 Å². The smallest absolute Gasteiger partial charge is 0.273 e. The van der Waals surface area contributed by atoms with Crippen molar-refractivity contribution in [2.75, 3.05) is 31.7 Å². The first-order valence-electron chi connectivity index (χ1n) is 10.3. The monoisotopic (exact) mass is 419 g/mol. The summed E-state index contributed by atoms with van der Waals surface area (Å²) in [6.45, 7) is 6.25. The predicted molar refractivity (Wildman–Crippen MR) is 107 cm³/mol. The van der Waals surface area contributed by atoms with E-state index < -0.39 is 0 Å². The number of nitrogens with one attached hydrogen (secondary N) is 2. The van der Waals surface area contributed by atoms with Crippen molar-refractivity contribution >= 4 is 17.5 Å². The van der Waals surface area contributed by atoms with Crippen molar-refractivity contribution < 1.29 is 13.9 Å². The number of furan rings is 1. The number of aromatic nitrogens is 2. The largest absolute Gasteiger partial charge is 0.448 e. The maximum atomic E-state index is 12.8. The van der Waals surface area contributed by atoms with Crippen molar-refractivity contribution in [3.8, 4) is 0 Å². The number of nitrogens with zero attached hydrogens (tertiary/aromatic N) is 3. The highest BCUT2D eigenvalue weighted by Gasteiger charge is 2.40. The zero-order valence-electron chi connectivity index (χ0n) is 16.4. The second-order valence-corrected chi connectivity index (χ2v) is 8.72. The molecule has 2 aromatic rings. The van der Waals surface area contributed by atoms with Crippen LogP contribution < -0.4 is 10.7 Å². The standard InChI is InChI=1S/C20H26ClN5O3/c1-12-9-25(10-14-2-3-17(21)29-14)11-15(12)18-23-20(27)16-8-22-19(26(16)24-18)13-4-6-28-7-5-13/h2-3,8,12-13,15,18,24H,4-7,9-11H2,1H3,(H,23,27). The van der Waals surface area contributed by atoms with E-state index in [4.69, 9.17) is 20.8 Å². The first-order chi connectivity index (χ1) is 14.1. The van der Waals surface area contributed by atoms with Crippen LogP contribution in [0.2, 0.25) is 5.22 Å². The third-order valence-corrected chi connectivity index (χ3v) is 6.55. The van der Waals surface area contributed by atoms with Crippen molar-refractivity contribution in [3.63, 3.8) is 0 Å². The summed E-state index contributed by atoms with van der Waals surface area (Å²) in [7, 11) is 0. The number of hydrogen-bond donors (Lipinski definition) is 2. The van der Waals surface area contributed by atoms with Crippen molar-refractivity contribution in [1.29, 1.82) is 0 Å². The molecule has 1 amide bonds. The average Bonchev–Trinajstić information content (AvgIpc) is 3.41. The SMILES string of the molecule is CC1CN(Cc2ccc(Cl)o2)CC1C1NC(=O)c2cnc(C3CCOCC3)n2N1. The molecule has 0 saturated carbocycles. The molecule has 5 heterocycles. The van der Waals surface area contributed by atoms with Crippen LogP contribution in [0.4, 0.5) is 0 Å². The molecule has 2 saturated heterocycles. The van der Waals surface area contributed by atoms with Crippen molar-refractivity contribution in [2.45, 2.75) is 38.4 Å². The Morgan fingerprint density at radius 2 is 2.10 bits per heavy atom. The summed E-state index contributed by atoms with van der Waals surface area (Å²) >= 11 is 5.90. The Bertz CT molecular complexity index is 891. The Balaban J connectivity index is 1.31. The topological polar surface area (TPSA) is 84.6 Å². The third-order valence-electron chi connectivity index (χ3n) is 6.35. The number of likely N-dealkylation sites (tertiary alicyclic amines) is 1. The molecule has 0 spiro atoms. The normalized spacial score (nSPS) is 28.2. The van der Waals surface area contributed by atoms with Gasteiger partial charge >= 0.3 is 0 Å². The lowest BCUT2D eigenvalue weighted by Crippen LogP contribution is -2.55. The lowest BCUT2D eigenvalue weighted by Gasteiger charge is -2.35. The molecule has 2 N–H and O–H groups in total. The number of fused-ring (bicyclic) bond motifs is 1. The van der Waals surface area contributed by atoms with Crippen LogP contribution in [0, 0.1) is 11.8 Å². The molecule has 3 aliphatic rings. The van der Waals surface area contributed by atoms with Crippen LogP contribution in [0.25, 0.3) is 0 Å². The zero-order valence-corrected chi connectivity index (χ0v) is 17.2. The van der Waals surface area contributed by atoms with Gasteiger partial charge in [-0.15, -0.1) is 0 Å². The summed E-state index contributed by atoms with van der Waals surface area (Å²) in [5.41, 5.74) is 4.12. The molecule has 0 aromatic carbocycles. The first kappa shape index (κ1) is 19.0. The number of ether oxygens (including phenoxy) is 1. The molecule has 156 valence electrons. The van der Waals surface area contributed by atoms with Gasteiger partial charge in [0.25, 0.3) is 5.91 Å². The summed E-state index contributed by atoms with van der Waals surface area (Å²) in [4.78, 5) is 19.7. The van der Waals surface area contributed by atoms with Gasteiger partial charge in [0.05, 0.1) is 12.7 Å². The molecule has 2 aromatic heterocycles. The van der Waals surface area contributed by atoms with E-state index in [1.165, 1.54) is 0 Å². The van der Waals surface area contributed by atoms with Gasteiger partial charge in [0.2, 0.25) is 0 Å². The number of rotatable bonds is 4. The fourth-order valence-corrected chi connectivity index (χ4v) is 4.97. The molecule has 0 radical (unpaired) electrons. The highest BCUT2D eigenvalue weighted by Crippen LogP contribution is 2.31. The minimum Gasteiger partial charge on any atom is -0.448 e. The number of amides is 1. The first-order valence-corrected chi connectivity index (χ1v) is 10.7. The van der Waals surface area contributed by atoms with Crippen LogP contribution in [-0.4, -0.2) is 52.9 Å². The number of carbonyl (C=O) groups is 1. The summed E-state index contributed by atoms with van der Waals surface area (Å²) in [5.74, 6) is 2.76. The Morgan fingerprint density at radius 1 is 1.28 bits per heavy atom. The summed E-state index contributed by atoms with van der Waals surface area (Å²) in [6.07, 6.45) is 3.41. The molecule has 5 rings (SSSR count). The summed E-state index contributed by atoms with van der Waals surface area (Å²) in [5, 5.41) is 3.56. The Labute approximate surface area is 174 Å². The van der Waals surface area contributed by atoms with Crippen molar-refractivity contribution in [3.05, 3.63) is 40.8 Å². The van der Waals surface area contributed by atoms with Gasteiger partial charge in [0, 0.05) is 38.1 Å². The summed E-state index contributed by atoms with van der Waals surface area (Å²) in [6, 6.07) is 3.69. The second-order valence-electron chi connectivity index (χ2n) is 8.34. The Kier molecular flexibility index (Phi) is 5.01. The molecule has 8 nitrogen and oxygen atoms in total. The highest BCUT2D eigenvalue weighted by molar-refractivity contribution is 6.28. The van der Waals surface area contributed by atoms with E-state index in [0.717, 1.165) is 57.3 Å². The average molecular weight is 420 g/mol. The van der Waals surface area contributed by atoms with E-state index in [1.807, 2.05) is 10.7 Å². The van der Waals surface area contributed by atoms with E-state index in [2.05, 4.69) is 27.6 Å². The van der Waals surface area contributed by atoms with Gasteiger partial charge < -0.3 is 19.9 Å². The fourth-order valence-electron chi connectivity index (χ4n) is 4.81. The lowest BCUT2D eigenvalue weighted by atomic mass is 9.94. The fraction of sp³-hybridized carbons (Fsp3) is 0.600. The zero-order chi connectivity index (χ0) is 20.0. The molecule has 9 heteroatoms. The van der Waals surface area contributed by atoms with Gasteiger partial charge in [0.1, 0.15) is 23.4 Å². The van der Waals surface area contributed by atoms with Crippen molar-refractivity contribution in [2.24, 2.45) is 11.8 Å². The molecule has 3 atom stereocenters. The Hall–Kier alpha value is -2.03. The van der Waals surface area contributed by atoms with E-state index in [-0.39, 0.29) is 18.0 Å². The number of imidazole rings is 1. The van der Waals surface area contributed by atoms with E-state index >= 15 is 0 Å². The maximum Gasteiger partial charge on any atom is 0.273 e. The minimum absolute atomic E-state index is 0.0666. The van der Waals surface area contributed by atoms with E-state index in [9.17, 15) is 4.79 Å². The quantitative estimate of drug-likeness (QED) is 0.791. The number of halogens is 1. The molecular formula is C20H26ClN5O3. The molecular weight excluding hydrogens is 394 g/mol. The van der Waals surface area contributed by atoms with Crippen molar-refractivity contribution in [1.82, 2.24) is 19.9 Å². The molecule has 2 fully saturated rings. The van der Waals surface area contributed by atoms with Gasteiger partial charge in [-0.1, -0.05) is 6.92 Å². The molecule has 3 aliphatic heterocycles. The molecule has 0 aliphatic carbocycles. The van der Waals surface area contributed by atoms with Gasteiger partial charge in [-0.3, -0.25) is 9.69 Å². The second kappa shape index (κ2) is 7.66. The van der Waals surface area contributed by atoms with Crippen LogP contribution in [-0.2, 0) is 11.3 Å². The highest BCUT2D eigenvalue weighted by atomic mass is 35.5. The third kappa shape index (κ3) is 3.65. The molecule has 0 bridgehead atoms. The van der Waals surface area contributed by atoms with Crippen LogP contribution in [0.3, 0.4) is 0 Å². The van der Waals surface area contributed by atoms with Crippen LogP contribution in [0.15, 0.2) is 22.7 Å².